The number of hydrogen-bond donors (Lipinski definition) is 1. The summed E-state index contributed by atoms with van der Waals surface area (Å²) in [4.78, 5) is 46.3. The van der Waals surface area contributed by atoms with Gasteiger partial charge in [-0.25, -0.2) is 0 Å². The van der Waals surface area contributed by atoms with Crippen LogP contribution in [0.1, 0.15) is 38.8 Å². The third-order valence-electron chi connectivity index (χ3n) is 9.16. The first kappa shape index (κ1) is 26.7. The first-order valence-corrected chi connectivity index (χ1v) is 14.2. The van der Waals surface area contributed by atoms with E-state index in [1.54, 1.807) is 62.8 Å². The van der Waals surface area contributed by atoms with E-state index >= 15 is 0 Å². The highest BCUT2D eigenvalue weighted by molar-refractivity contribution is 6.18. The van der Waals surface area contributed by atoms with Crippen LogP contribution in [0.4, 0.5) is 11.4 Å². The van der Waals surface area contributed by atoms with Gasteiger partial charge in [0, 0.05) is 28.1 Å². The molecule has 7 nitrogen and oxygen atoms in total. The van der Waals surface area contributed by atoms with Gasteiger partial charge in [-0.05, 0) is 66.6 Å². The van der Waals surface area contributed by atoms with Gasteiger partial charge in [-0.1, -0.05) is 54.6 Å². The maximum Gasteiger partial charge on any atom is 0.238 e. The lowest BCUT2D eigenvalue weighted by Crippen LogP contribution is -2.51. The van der Waals surface area contributed by atoms with Gasteiger partial charge in [-0.2, -0.15) is 0 Å². The molecule has 4 atom stereocenters. The first-order valence-electron chi connectivity index (χ1n) is 14.2. The summed E-state index contributed by atoms with van der Waals surface area (Å²) in [6.45, 7) is 2.01. The standard InChI is InChI=1S/C36H30N2O5/c1-21-19-30-36(27-12-5-6-13-28(27)37-35(36)41)31(33(39)23-9-8-10-25(20-23)43-3)32(38(30)29-14-7-4-11-26(21)29)34(40)22-15-17-24(42-2)18-16-22/h4-20,30-32H,1-3H3,(H,37,41)/t30-,31-,32+,36+/m0/s1. The van der Waals surface area contributed by atoms with Crippen molar-refractivity contribution in [2.24, 2.45) is 5.92 Å². The largest absolute Gasteiger partial charge is 0.497 e. The van der Waals surface area contributed by atoms with Crippen LogP contribution in [0.5, 0.6) is 11.5 Å². The lowest BCUT2D eigenvalue weighted by atomic mass is 9.64. The molecule has 43 heavy (non-hydrogen) atoms. The molecule has 1 spiro atoms. The molecule has 1 amide bonds. The third kappa shape index (κ3) is 3.77. The van der Waals surface area contributed by atoms with E-state index in [2.05, 4.69) is 11.4 Å². The minimum Gasteiger partial charge on any atom is -0.497 e. The second kappa shape index (κ2) is 9.98. The number of nitrogens with zero attached hydrogens (tertiary/aromatic N) is 1. The number of benzene rings is 4. The Labute approximate surface area is 249 Å². The van der Waals surface area contributed by atoms with Crippen LogP contribution < -0.4 is 19.7 Å². The van der Waals surface area contributed by atoms with Gasteiger partial charge in [0.25, 0.3) is 0 Å². The number of ketones is 2. The second-order valence-corrected chi connectivity index (χ2v) is 11.2. The Kier molecular flexibility index (Phi) is 6.20. The van der Waals surface area contributed by atoms with Gasteiger partial charge in [0.15, 0.2) is 11.6 Å². The van der Waals surface area contributed by atoms with Crippen molar-refractivity contribution >= 4 is 34.4 Å². The number of nitrogens with one attached hydrogen (secondary N) is 1. The second-order valence-electron chi connectivity index (χ2n) is 11.2. The molecule has 7 heteroatoms. The molecule has 3 aliphatic rings. The SMILES string of the molecule is COc1ccc(C(=O)[C@H]2[C@@H](C(=O)c3cccc(OC)c3)[C@]3(C(=O)Nc4ccccc43)[C@@H]3C=C(C)c4ccccc4N32)cc1. The maximum absolute atomic E-state index is 15.0. The topological polar surface area (TPSA) is 84.9 Å². The van der Waals surface area contributed by atoms with Crippen molar-refractivity contribution < 1.29 is 23.9 Å². The molecule has 0 aromatic heterocycles. The molecule has 4 aromatic carbocycles. The van der Waals surface area contributed by atoms with Gasteiger partial charge in [0.1, 0.15) is 23.0 Å². The Hall–Kier alpha value is -5.17. The summed E-state index contributed by atoms with van der Waals surface area (Å²) in [6.07, 6.45) is 2.05. The fourth-order valence-corrected chi connectivity index (χ4v) is 7.27. The summed E-state index contributed by atoms with van der Waals surface area (Å²) in [5.74, 6) is -0.754. The molecule has 1 fully saturated rings. The van der Waals surface area contributed by atoms with Gasteiger partial charge in [-0.15, -0.1) is 0 Å². The van der Waals surface area contributed by atoms with E-state index in [-0.39, 0.29) is 17.5 Å². The first-order chi connectivity index (χ1) is 20.9. The van der Waals surface area contributed by atoms with E-state index in [1.807, 2.05) is 60.4 Å². The molecule has 3 aliphatic heterocycles. The number of anilines is 2. The molecule has 1 saturated heterocycles. The number of hydrogen-bond acceptors (Lipinski definition) is 6. The van der Waals surface area contributed by atoms with Crippen LogP contribution in [0.2, 0.25) is 0 Å². The van der Waals surface area contributed by atoms with E-state index < -0.39 is 23.4 Å². The van der Waals surface area contributed by atoms with E-state index in [9.17, 15) is 14.4 Å². The zero-order valence-corrected chi connectivity index (χ0v) is 24.0. The van der Waals surface area contributed by atoms with Crippen LogP contribution in [0.15, 0.2) is 103 Å². The van der Waals surface area contributed by atoms with Crippen molar-refractivity contribution in [2.45, 2.75) is 24.4 Å². The zero-order chi connectivity index (χ0) is 29.9. The Morgan fingerprint density at radius 3 is 2.28 bits per heavy atom. The average Bonchev–Trinajstić information content (AvgIpc) is 3.52. The van der Waals surface area contributed by atoms with Crippen molar-refractivity contribution in [1.29, 1.82) is 0 Å². The molecule has 0 radical (unpaired) electrons. The fraction of sp³-hybridized carbons (Fsp3) is 0.194. The van der Waals surface area contributed by atoms with Gasteiger partial charge in [0.05, 0.1) is 26.2 Å². The van der Waals surface area contributed by atoms with E-state index in [0.717, 1.165) is 16.8 Å². The molecule has 1 N–H and O–H groups in total. The summed E-state index contributed by atoms with van der Waals surface area (Å²) in [5.41, 5.74) is 3.56. The molecular formula is C36H30N2O5. The summed E-state index contributed by atoms with van der Waals surface area (Å²) < 4.78 is 10.8. The summed E-state index contributed by atoms with van der Waals surface area (Å²) in [6, 6.07) is 27.6. The molecule has 214 valence electrons. The summed E-state index contributed by atoms with van der Waals surface area (Å²) >= 11 is 0. The van der Waals surface area contributed by atoms with Gasteiger partial charge < -0.3 is 19.7 Å². The average molecular weight is 571 g/mol. The number of ether oxygens (including phenoxy) is 2. The van der Waals surface area contributed by atoms with Crippen molar-refractivity contribution in [3.8, 4) is 11.5 Å². The molecule has 3 heterocycles. The Bertz CT molecular complexity index is 1830. The van der Waals surface area contributed by atoms with Crippen molar-refractivity contribution in [2.75, 3.05) is 24.4 Å². The zero-order valence-electron chi connectivity index (χ0n) is 24.0. The number of carbonyl (C=O) groups excluding carboxylic acids is 3. The fourth-order valence-electron chi connectivity index (χ4n) is 7.27. The quantitative estimate of drug-likeness (QED) is 0.289. The molecule has 7 rings (SSSR count). The Morgan fingerprint density at radius 1 is 0.791 bits per heavy atom. The number of carbonyl (C=O) groups is 3. The smallest absolute Gasteiger partial charge is 0.238 e. The predicted molar refractivity (Wildman–Crippen MR) is 165 cm³/mol. The number of amides is 1. The Morgan fingerprint density at radius 2 is 1.51 bits per heavy atom. The molecular weight excluding hydrogens is 540 g/mol. The number of allylic oxidation sites excluding steroid dienone is 1. The minimum atomic E-state index is -1.38. The van der Waals surface area contributed by atoms with E-state index in [0.29, 0.717) is 33.9 Å². The van der Waals surface area contributed by atoms with Crippen LogP contribution in [0.3, 0.4) is 0 Å². The number of Topliss-reactive ketones (excluding diaryl/α,β-unsaturated/α-hetero) is 2. The van der Waals surface area contributed by atoms with Crippen molar-refractivity contribution in [1.82, 2.24) is 0 Å². The highest BCUT2D eigenvalue weighted by atomic mass is 16.5. The highest BCUT2D eigenvalue weighted by Crippen LogP contribution is 2.58. The van der Waals surface area contributed by atoms with Gasteiger partial charge >= 0.3 is 0 Å². The normalized spacial score (nSPS) is 23.1. The van der Waals surface area contributed by atoms with Crippen molar-refractivity contribution in [3.05, 3.63) is 125 Å². The van der Waals surface area contributed by atoms with E-state index in [4.69, 9.17) is 9.47 Å². The third-order valence-corrected chi connectivity index (χ3v) is 9.16. The van der Waals surface area contributed by atoms with E-state index in [1.165, 1.54) is 0 Å². The van der Waals surface area contributed by atoms with Crippen LogP contribution in [0.25, 0.3) is 5.57 Å². The maximum atomic E-state index is 15.0. The summed E-state index contributed by atoms with van der Waals surface area (Å²) in [7, 11) is 3.11. The number of methoxy groups -OCH3 is 2. The number of para-hydroxylation sites is 2. The van der Waals surface area contributed by atoms with Crippen LogP contribution in [-0.2, 0) is 10.2 Å². The monoisotopic (exact) mass is 570 g/mol. The lowest BCUT2D eigenvalue weighted by Gasteiger charge is -2.39. The molecule has 4 aromatic rings. The van der Waals surface area contributed by atoms with Crippen molar-refractivity contribution in [3.63, 3.8) is 0 Å². The lowest BCUT2D eigenvalue weighted by molar-refractivity contribution is -0.121. The molecule has 0 saturated carbocycles. The molecule has 0 bridgehead atoms. The Balaban J connectivity index is 1.53. The highest BCUT2D eigenvalue weighted by Gasteiger charge is 2.70. The minimum absolute atomic E-state index is 0.245. The molecule has 0 aliphatic carbocycles. The van der Waals surface area contributed by atoms with Crippen LogP contribution in [0, 0.1) is 5.92 Å². The number of fused-ring (bicyclic) bond motifs is 6. The summed E-state index contributed by atoms with van der Waals surface area (Å²) in [5, 5.41) is 3.08. The van der Waals surface area contributed by atoms with Gasteiger partial charge in [0.2, 0.25) is 5.91 Å². The molecule has 0 unspecified atom stereocenters. The van der Waals surface area contributed by atoms with Crippen LogP contribution >= 0.6 is 0 Å². The van der Waals surface area contributed by atoms with Gasteiger partial charge in [-0.3, -0.25) is 14.4 Å². The predicted octanol–water partition coefficient (Wildman–Crippen LogP) is 5.95. The number of rotatable bonds is 6. The van der Waals surface area contributed by atoms with Crippen LogP contribution in [-0.4, -0.2) is 43.8 Å².